The normalized spacial score (nSPS) is 10.8. The lowest BCUT2D eigenvalue weighted by molar-refractivity contribution is 0.850. The fourth-order valence-electron chi connectivity index (χ4n) is 2.79. The Bertz CT molecular complexity index is 981. The number of hydrazone groups is 1. The third-order valence-corrected chi connectivity index (χ3v) is 4.47. The van der Waals surface area contributed by atoms with E-state index < -0.39 is 0 Å². The summed E-state index contributed by atoms with van der Waals surface area (Å²) in [5.41, 5.74) is 10.1. The number of terminal acetylenes is 1. The molecule has 3 rings (SSSR count). The molecular formula is C24H28BN5. The molecule has 1 heterocycles. The van der Waals surface area contributed by atoms with Gasteiger partial charge in [0.25, 0.3) is 7.98 Å². The van der Waals surface area contributed by atoms with Crippen LogP contribution in [0.3, 0.4) is 0 Å². The van der Waals surface area contributed by atoms with Gasteiger partial charge in [-0.1, -0.05) is 30.3 Å². The van der Waals surface area contributed by atoms with Crippen LogP contribution in [0.1, 0.15) is 22.6 Å². The second-order valence-corrected chi connectivity index (χ2v) is 6.27. The van der Waals surface area contributed by atoms with Crippen LogP contribution in [0, 0.1) is 19.8 Å². The minimum Gasteiger partial charge on any atom is -0.388 e. The minimum absolute atomic E-state index is 0.206. The van der Waals surface area contributed by atoms with Gasteiger partial charge in [-0.3, -0.25) is 4.98 Å². The van der Waals surface area contributed by atoms with Gasteiger partial charge in [0, 0.05) is 43.0 Å². The minimum atomic E-state index is 0.206. The Morgan fingerprint density at radius 3 is 2.57 bits per heavy atom. The van der Waals surface area contributed by atoms with E-state index in [1.807, 2.05) is 56.7 Å². The van der Waals surface area contributed by atoms with Crippen molar-refractivity contribution in [1.82, 2.24) is 10.3 Å². The SMILES string of the molecule is C#C.CNc1ccc2cnccc2c1.[B]N/N=C\c1ccc(C(C=C)CN)cc1C. The zero-order valence-corrected chi connectivity index (χ0v) is 17.5. The average molecular weight is 397 g/mol. The van der Waals surface area contributed by atoms with Gasteiger partial charge < -0.3 is 16.4 Å². The Morgan fingerprint density at radius 2 is 1.97 bits per heavy atom. The number of nitrogens with zero attached hydrogens (tertiary/aromatic N) is 2. The first-order valence-corrected chi connectivity index (χ1v) is 9.39. The molecule has 152 valence electrons. The predicted molar refractivity (Wildman–Crippen MR) is 131 cm³/mol. The summed E-state index contributed by atoms with van der Waals surface area (Å²) in [6, 6.07) is 14.4. The number of rotatable bonds is 6. The van der Waals surface area contributed by atoms with Gasteiger partial charge in [-0.25, -0.2) is 5.10 Å². The van der Waals surface area contributed by atoms with Crippen molar-refractivity contribution in [1.29, 1.82) is 0 Å². The highest BCUT2D eigenvalue weighted by Crippen LogP contribution is 2.19. The molecule has 2 radical (unpaired) electrons. The first-order valence-electron chi connectivity index (χ1n) is 9.39. The molecule has 3 aromatic rings. The van der Waals surface area contributed by atoms with Crippen molar-refractivity contribution in [3.63, 3.8) is 0 Å². The summed E-state index contributed by atoms with van der Waals surface area (Å²) in [7, 11) is 6.99. The highest BCUT2D eigenvalue weighted by Gasteiger charge is 2.06. The second kappa shape index (κ2) is 13.6. The quantitative estimate of drug-likeness (QED) is 0.195. The number of fused-ring (bicyclic) bond motifs is 1. The monoisotopic (exact) mass is 397 g/mol. The second-order valence-electron chi connectivity index (χ2n) is 6.27. The van der Waals surface area contributed by atoms with Gasteiger partial charge in [-0.2, -0.15) is 0 Å². The lowest BCUT2D eigenvalue weighted by Crippen LogP contribution is -2.10. The molecule has 0 saturated carbocycles. The lowest BCUT2D eigenvalue weighted by Gasteiger charge is -2.11. The van der Waals surface area contributed by atoms with Crippen molar-refractivity contribution in [2.24, 2.45) is 10.8 Å². The van der Waals surface area contributed by atoms with E-state index >= 15 is 0 Å². The smallest absolute Gasteiger partial charge is 0.251 e. The summed E-state index contributed by atoms with van der Waals surface area (Å²) in [6.07, 6.45) is 15.2. The fraction of sp³-hybridized carbons (Fsp3) is 0.167. The molecule has 1 unspecified atom stereocenters. The summed E-state index contributed by atoms with van der Waals surface area (Å²) < 4.78 is 0. The van der Waals surface area contributed by atoms with E-state index in [0.29, 0.717) is 6.54 Å². The van der Waals surface area contributed by atoms with Gasteiger partial charge in [-0.15, -0.1) is 19.4 Å². The molecule has 4 N–H and O–H groups in total. The highest BCUT2D eigenvalue weighted by molar-refractivity contribution is 6.04. The van der Waals surface area contributed by atoms with Crippen molar-refractivity contribution >= 4 is 30.7 Å². The van der Waals surface area contributed by atoms with Crippen molar-refractivity contribution in [2.75, 3.05) is 18.9 Å². The van der Waals surface area contributed by atoms with Crippen molar-refractivity contribution < 1.29 is 0 Å². The molecule has 0 saturated heterocycles. The molecule has 0 aliphatic heterocycles. The molecule has 0 spiro atoms. The van der Waals surface area contributed by atoms with E-state index in [4.69, 9.17) is 13.7 Å². The largest absolute Gasteiger partial charge is 0.388 e. The van der Waals surface area contributed by atoms with Crippen molar-refractivity contribution in [3.8, 4) is 12.8 Å². The zero-order valence-electron chi connectivity index (χ0n) is 17.5. The average Bonchev–Trinajstić information content (AvgIpc) is 2.80. The topological polar surface area (TPSA) is 75.3 Å². The van der Waals surface area contributed by atoms with Gasteiger partial charge in [0.05, 0.1) is 6.21 Å². The molecule has 0 amide bonds. The van der Waals surface area contributed by atoms with Crippen LogP contribution in [0.4, 0.5) is 5.69 Å². The summed E-state index contributed by atoms with van der Waals surface area (Å²) in [5, 5.41) is 11.5. The summed E-state index contributed by atoms with van der Waals surface area (Å²) in [6.45, 7) is 6.37. The van der Waals surface area contributed by atoms with E-state index in [2.05, 4.69) is 58.4 Å². The Kier molecular flexibility index (Phi) is 11.1. The molecule has 0 fully saturated rings. The van der Waals surface area contributed by atoms with Crippen LogP contribution in [0.5, 0.6) is 0 Å². The maximum Gasteiger partial charge on any atom is 0.251 e. The number of nitrogens with one attached hydrogen (secondary N) is 2. The maximum absolute atomic E-state index is 5.66. The van der Waals surface area contributed by atoms with Crippen molar-refractivity contribution in [2.45, 2.75) is 12.8 Å². The van der Waals surface area contributed by atoms with Crippen LogP contribution in [-0.2, 0) is 0 Å². The van der Waals surface area contributed by atoms with Crippen LogP contribution < -0.4 is 16.4 Å². The zero-order chi connectivity index (χ0) is 22.4. The molecular weight excluding hydrogens is 369 g/mol. The molecule has 5 nitrogen and oxygen atoms in total. The van der Waals surface area contributed by atoms with Gasteiger partial charge in [0.1, 0.15) is 0 Å². The molecule has 0 aliphatic rings. The molecule has 1 atom stereocenters. The van der Waals surface area contributed by atoms with E-state index in [9.17, 15) is 0 Å². The molecule has 0 bridgehead atoms. The van der Waals surface area contributed by atoms with Crippen molar-refractivity contribution in [3.05, 3.63) is 84.2 Å². The van der Waals surface area contributed by atoms with Crippen LogP contribution in [0.15, 0.2) is 72.6 Å². The fourth-order valence-corrected chi connectivity index (χ4v) is 2.79. The van der Waals surface area contributed by atoms with E-state index in [-0.39, 0.29) is 5.92 Å². The third-order valence-electron chi connectivity index (χ3n) is 4.47. The summed E-state index contributed by atoms with van der Waals surface area (Å²) >= 11 is 0. The van der Waals surface area contributed by atoms with Gasteiger partial charge in [0.15, 0.2) is 0 Å². The number of anilines is 1. The lowest BCUT2D eigenvalue weighted by atomic mass is 9.96. The van der Waals surface area contributed by atoms with E-state index in [0.717, 1.165) is 16.8 Å². The first-order chi connectivity index (χ1) is 14.6. The number of aromatic nitrogens is 1. The molecule has 0 aliphatic carbocycles. The molecule has 1 aromatic heterocycles. The van der Waals surface area contributed by atoms with Crippen LogP contribution >= 0.6 is 0 Å². The standard InChI is InChI=1S/C12H16BN3.C10H10N2.C2H2/c1-3-10(7-14)11-4-5-12(8-15-16-13)9(2)6-11;1-11-10-3-2-9-7-12-5-4-8(9)6-10;1-2/h3-6,8,10,16H,1,7,14H2,2H3;2-7,11H,1H3;1-2H/b15-8-;;. The van der Waals surface area contributed by atoms with Gasteiger partial charge in [0.2, 0.25) is 0 Å². The number of benzene rings is 2. The Labute approximate surface area is 180 Å². The summed E-state index contributed by atoms with van der Waals surface area (Å²) in [4.78, 5) is 4.05. The number of pyridine rings is 1. The predicted octanol–water partition coefficient (Wildman–Crippen LogP) is 3.76. The van der Waals surface area contributed by atoms with E-state index in [1.165, 1.54) is 16.3 Å². The summed E-state index contributed by atoms with van der Waals surface area (Å²) in [5.74, 6) is 0.206. The van der Waals surface area contributed by atoms with Crippen LogP contribution in [-0.4, -0.2) is 32.8 Å². The number of hydrogen-bond acceptors (Lipinski definition) is 5. The number of aryl methyl sites for hydroxylation is 1. The third kappa shape index (κ3) is 7.12. The molecule has 2 aromatic carbocycles. The Hall–Kier alpha value is -3.56. The Morgan fingerprint density at radius 1 is 1.20 bits per heavy atom. The first kappa shape index (κ1) is 24.5. The highest BCUT2D eigenvalue weighted by atomic mass is 15.2. The van der Waals surface area contributed by atoms with Gasteiger partial charge >= 0.3 is 0 Å². The maximum atomic E-state index is 5.66. The van der Waals surface area contributed by atoms with E-state index in [1.54, 1.807) is 6.21 Å². The van der Waals surface area contributed by atoms with Crippen LogP contribution in [0.25, 0.3) is 10.8 Å². The molecule has 6 heteroatoms. The number of nitrogens with two attached hydrogens (primary N) is 1. The van der Waals surface area contributed by atoms with Crippen LogP contribution in [0.2, 0.25) is 0 Å². The Balaban J connectivity index is 0.000000285. The molecule has 30 heavy (non-hydrogen) atoms. The van der Waals surface area contributed by atoms with Gasteiger partial charge in [-0.05, 0) is 47.2 Å². The number of hydrogen-bond donors (Lipinski definition) is 3.